The van der Waals surface area contributed by atoms with Crippen LogP contribution in [0.15, 0.2) is 82.4 Å². The van der Waals surface area contributed by atoms with E-state index in [0.29, 0.717) is 5.69 Å². The van der Waals surface area contributed by atoms with Gasteiger partial charge < -0.3 is 10.6 Å². The van der Waals surface area contributed by atoms with Gasteiger partial charge in [0.25, 0.3) is 5.56 Å². The maximum absolute atomic E-state index is 14.0. The summed E-state index contributed by atoms with van der Waals surface area (Å²) in [6, 6.07) is 18.7. The summed E-state index contributed by atoms with van der Waals surface area (Å²) >= 11 is 0. The van der Waals surface area contributed by atoms with Crippen LogP contribution in [0.25, 0.3) is 16.6 Å². The lowest BCUT2D eigenvalue weighted by Crippen LogP contribution is -2.40. The van der Waals surface area contributed by atoms with E-state index in [1.165, 1.54) is 22.8 Å². The number of aromatic nitrogens is 2. The molecule has 0 unspecified atom stereocenters. The molecule has 9 heteroatoms. The van der Waals surface area contributed by atoms with E-state index in [1.54, 1.807) is 54.6 Å². The lowest BCUT2D eigenvalue weighted by molar-refractivity contribution is -0.121. The number of nitrogens with zero attached hydrogens (tertiary/aromatic N) is 2. The van der Waals surface area contributed by atoms with Crippen molar-refractivity contribution >= 4 is 28.4 Å². The molecule has 4 aromatic rings. The molecule has 1 heterocycles. The molecule has 2 amide bonds. The Hall–Kier alpha value is -4.53. The highest BCUT2D eigenvalue weighted by Crippen LogP contribution is 2.14. The van der Waals surface area contributed by atoms with E-state index < -0.39 is 29.5 Å². The first-order valence-corrected chi connectivity index (χ1v) is 11.4. The van der Waals surface area contributed by atoms with Gasteiger partial charge in [0.1, 0.15) is 12.4 Å². The number of carbonyl (C=O) groups is 2. The second-order valence-electron chi connectivity index (χ2n) is 8.62. The second-order valence-corrected chi connectivity index (χ2v) is 8.62. The van der Waals surface area contributed by atoms with Crippen molar-refractivity contribution in [1.82, 2.24) is 14.5 Å². The molecule has 0 aliphatic rings. The molecule has 184 valence electrons. The molecular weight excluding hydrogens is 463 g/mol. The van der Waals surface area contributed by atoms with Gasteiger partial charge in [0, 0.05) is 6.04 Å². The van der Waals surface area contributed by atoms with E-state index in [1.807, 2.05) is 13.8 Å². The number of benzene rings is 3. The van der Waals surface area contributed by atoms with E-state index in [0.717, 1.165) is 10.1 Å². The Morgan fingerprint density at radius 2 is 1.56 bits per heavy atom. The molecule has 0 saturated heterocycles. The van der Waals surface area contributed by atoms with E-state index in [2.05, 4.69) is 10.6 Å². The highest BCUT2D eigenvalue weighted by Gasteiger charge is 2.17. The van der Waals surface area contributed by atoms with Crippen LogP contribution in [0.2, 0.25) is 0 Å². The van der Waals surface area contributed by atoms with Crippen molar-refractivity contribution in [3.63, 3.8) is 0 Å². The van der Waals surface area contributed by atoms with Crippen molar-refractivity contribution in [1.29, 1.82) is 0 Å². The standard InChI is InChI=1S/C27H25FN4O4/c1-17(2)29-24(33)15-18-11-13-19(14-12-18)32-26(35)20-7-3-6-10-23(20)31(27(32)36)16-25(34)30-22-9-5-4-8-21(22)28/h3-14,17H,15-16H2,1-2H3,(H,29,33)(H,30,34). The molecule has 0 aliphatic carbocycles. The van der Waals surface area contributed by atoms with E-state index in [-0.39, 0.29) is 35.0 Å². The summed E-state index contributed by atoms with van der Waals surface area (Å²) < 4.78 is 16.1. The van der Waals surface area contributed by atoms with E-state index >= 15 is 0 Å². The van der Waals surface area contributed by atoms with E-state index in [9.17, 15) is 23.6 Å². The molecule has 0 fully saturated rings. The van der Waals surface area contributed by atoms with Crippen molar-refractivity contribution in [2.75, 3.05) is 5.32 Å². The van der Waals surface area contributed by atoms with Gasteiger partial charge in [-0.15, -0.1) is 0 Å². The number of nitrogens with one attached hydrogen (secondary N) is 2. The third-order valence-corrected chi connectivity index (χ3v) is 5.51. The Labute approximate surface area is 206 Å². The summed E-state index contributed by atoms with van der Waals surface area (Å²) in [5.74, 6) is -1.36. The van der Waals surface area contributed by atoms with Gasteiger partial charge in [-0.3, -0.25) is 19.0 Å². The minimum absolute atomic E-state index is 0.00901. The van der Waals surface area contributed by atoms with Gasteiger partial charge in [0.2, 0.25) is 11.8 Å². The number of halogens is 1. The average molecular weight is 489 g/mol. The molecule has 3 aromatic carbocycles. The first-order valence-electron chi connectivity index (χ1n) is 11.4. The maximum atomic E-state index is 14.0. The molecule has 0 radical (unpaired) electrons. The number of carbonyl (C=O) groups excluding carboxylic acids is 2. The number of hydrogen-bond donors (Lipinski definition) is 2. The number of amides is 2. The SMILES string of the molecule is CC(C)NC(=O)Cc1ccc(-n2c(=O)c3ccccc3n(CC(=O)Nc3ccccc3F)c2=O)cc1. The van der Waals surface area contributed by atoms with Crippen molar-refractivity contribution in [3.05, 3.63) is 105 Å². The zero-order chi connectivity index (χ0) is 25.8. The molecule has 0 aliphatic heterocycles. The second kappa shape index (κ2) is 10.4. The Bertz CT molecular complexity index is 1560. The predicted octanol–water partition coefficient (Wildman–Crippen LogP) is 3.00. The maximum Gasteiger partial charge on any atom is 0.336 e. The summed E-state index contributed by atoms with van der Waals surface area (Å²) in [4.78, 5) is 51.5. The molecule has 0 spiro atoms. The number of fused-ring (bicyclic) bond motifs is 1. The molecule has 0 bridgehead atoms. The Morgan fingerprint density at radius 3 is 2.25 bits per heavy atom. The smallest absolute Gasteiger partial charge is 0.336 e. The van der Waals surface area contributed by atoms with Crippen LogP contribution >= 0.6 is 0 Å². The summed E-state index contributed by atoms with van der Waals surface area (Å²) in [6.07, 6.45) is 0.158. The first-order chi connectivity index (χ1) is 17.2. The zero-order valence-corrected chi connectivity index (χ0v) is 19.8. The monoisotopic (exact) mass is 488 g/mol. The van der Waals surface area contributed by atoms with Crippen LogP contribution < -0.4 is 21.9 Å². The fourth-order valence-electron chi connectivity index (χ4n) is 3.92. The summed E-state index contributed by atoms with van der Waals surface area (Å²) in [5.41, 5.74) is 0.0430. The van der Waals surface area contributed by atoms with Crippen LogP contribution in [-0.4, -0.2) is 27.0 Å². The van der Waals surface area contributed by atoms with E-state index in [4.69, 9.17) is 0 Å². The number of rotatable bonds is 7. The highest BCUT2D eigenvalue weighted by atomic mass is 19.1. The Kier molecular flexibility index (Phi) is 7.10. The van der Waals surface area contributed by atoms with Gasteiger partial charge in [-0.2, -0.15) is 0 Å². The van der Waals surface area contributed by atoms with Crippen LogP contribution in [0, 0.1) is 5.82 Å². The number of para-hydroxylation sites is 2. The first kappa shape index (κ1) is 24.6. The minimum atomic E-state index is -0.715. The molecule has 1 aromatic heterocycles. The average Bonchev–Trinajstić information content (AvgIpc) is 2.84. The molecule has 0 atom stereocenters. The Balaban J connectivity index is 1.71. The van der Waals surface area contributed by atoms with Gasteiger partial charge in [0.05, 0.1) is 28.7 Å². The van der Waals surface area contributed by atoms with Gasteiger partial charge in [-0.1, -0.05) is 36.4 Å². The molecule has 2 N–H and O–H groups in total. The lowest BCUT2D eigenvalue weighted by atomic mass is 10.1. The molecule has 8 nitrogen and oxygen atoms in total. The van der Waals surface area contributed by atoms with Gasteiger partial charge in [-0.25, -0.2) is 13.8 Å². The fraction of sp³-hybridized carbons (Fsp3) is 0.185. The highest BCUT2D eigenvalue weighted by molar-refractivity contribution is 5.91. The van der Waals surface area contributed by atoms with Crippen LogP contribution in [0.1, 0.15) is 19.4 Å². The van der Waals surface area contributed by atoms with Gasteiger partial charge >= 0.3 is 5.69 Å². The van der Waals surface area contributed by atoms with Crippen LogP contribution in [0.5, 0.6) is 0 Å². The number of anilines is 1. The zero-order valence-electron chi connectivity index (χ0n) is 19.8. The number of hydrogen-bond acceptors (Lipinski definition) is 4. The van der Waals surface area contributed by atoms with Crippen molar-refractivity contribution in [2.45, 2.75) is 32.9 Å². The molecule has 0 saturated carbocycles. The summed E-state index contributed by atoms with van der Waals surface area (Å²) in [6.45, 7) is 3.31. The van der Waals surface area contributed by atoms with Crippen molar-refractivity contribution in [3.8, 4) is 5.69 Å². The van der Waals surface area contributed by atoms with Gasteiger partial charge in [0.15, 0.2) is 0 Å². The lowest BCUT2D eigenvalue weighted by Gasteiger charge is -2.15. The summed E-state index contributed by atoms with van der Waals surface area (Å²) in [7, 11) is 0. The molecular formula is C27H25FN4O4. The van der Waals surface area contributed by atoms with Crippen LogP contribution in [-0.2, 0) is 22.6 Å². The normalized spacial score (nSPS) is 11.0. The van der Waals surface area contributed by atoms with Crippen molar-refractivity contribution in [2.24, 2.45) is 0 Å². The fourth-order valence-corrected chi connectivity index (χ4v) is 3.92. The summed E-state index contributed by atoms with van der Waals surface area (Å²) in [5, 5.41) is 5.52. The molecule has 36 heavy (non-hydrogen) atoms. The van der Waals surface area contributed by atoms with Crippen molar-refractivity contribution < 1.29 is 14.0 Å². The largest absolute Gasteiger partial charge is 0.354 e. The van der Waals surface area contributed by atoms with Gasteiger partial charge in [-0.05, 0) is 55.8 Å². The molecule has 4 rings (SSSR count). The topological polar surface area (TPSA) is 102 Å². The third kappa shape index (κ3) is 5.25. The minimum Gasteiger partial charge on any atom is -0.354 e. The predicted molar refractivity (Wildman–Crippen MR) is 136 cm³/mol. The van der Waals surface area contributed by atoms with Crippen LogP contribution in [0.4, 0.5) is 10.1 Å². The quantitative estimate of drug-likeness (QED) is 0.418. The van der Waals surface area contributed by atoms with Crippen LogP contribution in [0.3, 0.4) is 0 Å². The third-order valence-electron chi connectivity index (χ3n) is 5.51. The Morgan fingerprint density at radius 1 is 0.889 bits per heavy atom.